The Morgan fingerprint density at radius 3 is 2.19 bits per heavy atom. The van der Waals surface area contributed by atoms with Crippen molar-refractivity contribution in [3.63, 3.8) is 0 Å². The van der Waals surface area contributed by atoms with Crippen LogP contribution < -0.4 is 14.2 Å². The molecule has 3 rings (SSSR count). The summed E-state index contributed by atoms with van der Waals surface area (Å²) in [5.41, 5.74) is 2.22. The van der Waals surface area contributed by atoms with E-state index in [0.29, 0.717) is 28.6 Å². The van der Waals surface area contributed by atoms with E-state index in [1.165, 1.54) is 13.2 Å². The van der Waals surface area contributed by atoms with E-state index in [1.807, 2.05) is 24.3 Å². The van der Waals surface area contributed by atoms with Crippen LogP contribution in [0.4, 0.5) is 0 Å². The van der Waals surface area contributed by atoms with E-state index in [-0.39, 0.29) is 0 Å². The van der Waals surface area contributed by atoms with Crippen molar-refractivity contribution in [1.82, 2.24) is 0 Å². The number of ether oxygens (including phenoxy) is 4. The summed E-state index contributed by atoms with van der Waals surface area (Å²) in [6, 6.07) is 11.1. The van der Waals surface area contributed by atoms with E-state index < -0.39 is 5.97 Å². The highest BCUT2D eigenvalue weighted by Crippen LogP contribution is 2.37. The van der Waals surface area contributed by atoms with Crippen molar-refractivity contribution < 1.29 is 28.2 Å². The van der Waals surface area contributed by atoms with Gasteiger partial charge in [0.25, 0.3) is 0 Å². The number of benzene rings is 2. The van der Waals surface area contributed by atoms with Gasteiger partial charge >= 0.3 is 5.97 Å². The molecule has 27 heavy (non-hydrogen) atoms. The number of carbonyl (C=O) groups excluding carboxylic acids is 1. The molecule has 0 saturated carbocycles. The maximum absolute atomic E-state index is 11.3. The second-order valence-electron chi connectivity index (χ2n) is 5.71. The second-order valence-corrected chi connectivity index (χ2v) is 5.71. The molecule has 0 aliphatic rings. The van der Waals surface area contributed by atoms with E-state index in [9.17, 15) is 4.79 Å². The third-order valence-electron chi connectivity index (χ3n) is 4.07. The molecule has 0 atom stereocenters. The average Bonchev–Trinajstić information content (AvgIpc) is 3.15. The monoisotopic (exact) mass is 368 g/mol. The van der Waals surface area contributed by atoms with Gasteiger partial charge in [0.1, 0.15) is 17.3 Å². The Bertz CT molecular complexity index is 977. The number of fused-ring (bicyclic) bond motifs is 1. The number of esters is 1. The third kappa shape index (κ3) is 3.89. The van der Waals surface area contributed by atoms with Gasteiger partial charge in [-0.2, -0.15) is 0 Å². The number of rotatable bonds is 6. The van der Waals surface area contributed by atoms with Crippen molar-refractivity contribution in [2.24, 2.45) is 0 Å². The lowest BCUT2D eigenvalue weighted by Crippen LogP contribution is -1.93. The molecule has 0 bridgehead atoms. The molecule has 0 spiro atoms. The Hall–Kier alpha value is -3.41. The zero-order valence-electron chi connectivity index (χ0n) is 15.6. The Balaban J connectivity index is 2.09. The predicted molar refractivity (Wildman–Crippen MR) is 102 cm³/mol. The predicted octanol–water partition coefficient (Wildman–Crippen LogP) is 4.31. The first-order chi connectivity index (χ1) is 13.1. The van der Waals surface area contributed by atoms with Crippen LogP contribution in [0.5, 0.6) is 17.2 Å². The molecule has 3 aromatic rings. The van der Waals surface area contributed by atoms with Crippen molar-refractivity contribution >= 4 is 23.0 Å². The Morgan fingerprint density at radius 2 is 1.59 bits per heavy atom. The van der Waals surface area contributed by atoms with E-state index in [0.717, 1.165) is 16.5 Å². The van der Waals surface area contributed by atoms with Gasteiger partial charge in [-0.05, 0) is 42.0 Å². The SMILES string of the molecule is COC(=O)/C=C/c1cc(OC)c2oc(-c3cc(OC)cc(OC)c3)cc2c1. The average molecular weight is 368 g/mol. The van der Waals surface area contributed by atoms with Crippen molar-refractivity contribution in [2.45, 2.75) is 0 Å². The van der Waals surface area contributed by atoms with E-state index in [1.54, 1.807) is 39.5 Å². The Labute approximate surface area is 156 Å². The van der Waals surface area contributed by atoms with Gasteiger partial charge in [0, 0.05) is 23.1 Å². The van der Waals surface area contributed by atoms with Crippen molar-refractivity contribution in [3.05, 3.63) is 48.0 Å². The van der Waals surface area contributed by atoms with Gasteiger partial charge in [-0.3, -0.25) is 0 Å². The summed E-state index contributed by atoms with van der Waals surface area (Å²) in [4.78, 5) is 11.3. The summed E-state index contributed by atoms with van der Waals surface area (Å²) in [7, 11) is 6.10. The number of furan rings is 1. The largest absolute Gasteiger partial charge is 0.497 e. The highest BCUT2D eigenvalue weighted by atomic mass is 16.5. The summed E-state index contributed by atoms with van der Waals surface area (Å²) in [5.74, 6) is 2.12. The number of hydrogen-bond acceptors (Lipinski definition) is 6. The molecule has 0 radical (unpaired) electrons. The minimum atomic E-state index is -0.426. The topological polar surface area (TPSA) is 67.1 Å². The fraction of sp³-hybridized carbons (Fsp3) is 0.190. The highest BCUT2D eigenvalue weighted by Gasteiger charge is 2.14. The molecule has 1 aromatic heterocycles. The summed E-state index contributed by atoms with van der Waals surface area (Å²) < 4.78 is 26.7. The quantitative estimate of drug-likeness (QED) is 0.477. The second kappa shape index (κ2) is 7.86. The maximum Gasteiger partial charge on any atom is 0.330 e. The lowest BCUT2D eigenvalue weighted by Gasteiger charge is -2.06. The molecule has 140 valence electrons. The fourth-order valence-corrected chi connectivity index (χ4v) is 2.72. The van der Waals surface area contributed by atoms with Gasteiger partial charge < -0.3 is 23.4 Å². The van der Waals surface area contributed by atoms with Crippen molar-refractivity contribution in [3.8, 4) is 28.6 Å². The first kappa shape index (κ1) is 18.4. The maximum atomic E-state index is 11.3. The number of methoxy groups -OCH3 is 4. The zero-order chi connectivity index (χ0) is 19.4. The molecule has 2 aromatic carbocycles. The summed E-state index contributed by atoms with van der Waals surface area (Å²) >= 11 is 0. The van der Waals surface area contributed by atoms with Crippen LogP contribution in [-0.4, -0.2) is 34.4 Å². The molecule has 1 heterocycles. The fourth-order valence-electron chi connectivity index (χ4n) is 2.72. The molecule has 6 nitrogen and oxygen atoms in total. The van der Waals surface area contributed by atoms with Crippen LogP contribution in [0, 0.1) is 0 Å². The smallest absolute Gasteiger partial charge is 0.330 e. The van der Waals surface area contributed by atoms with Gasteiger partial charge in [-0.1, -0.05) is 0 Å². The molecule has 0 amide bonds. The van der Waals surface area contributed by atoms with Crippen molar-refractivity contribution in [1.29, 1.82) is 0 Å². The minimum Gasteiger partial charge on any atom is -0.497 e. The summed E-state index contributed by atoms with van der Waals surface area (Å²) in [5, 5.41) is 0.843. The summed E-state index contributed by atoms with van der Waals surface area (Å²) in [6.45, 7) is 0. The molecule has 0 aliphatic heterocycles. The van der Waals surface area contributed by atoms with Crippen LogP contribution >= 0.6 is 0 Å². The lowest BCUT2D eigenvalue weighted by molar-refractivity contribution is -0.134. The van der Waals surface area contributed by atoms with Crippen LogP contribution in [0.25, 0.3) is 28.4 Å². The van der Waals surface area contributed by atoms with Crippen LogP contribution in [-0.2, 0) is 9.53 Å². The third-order valence-corrected chi connectivity index (χ3v) is 4.07. The molecule has 0 fully saturated rings. The molecule has 6 heteroatoms. The van der Waals surface area contributed by atoms with Gasteiger partial charge in [0.2, 0.25) is 0 Å². The molecule has 0 aliphatic carbocycles. The first-order valence-corrected chi connectivity index (χ1v) is 8.19. The van der Waals surface area contributed by atoms with Gasteiger partial charge in [-0.25, -0.2) is 4.79 Å². The van der Waals surface area contributed by atoms with Crippen LogP contribution in [0.2, 0.25) is 0 Å². The van der Waals surface area contributed by atoms with Gasteiger partial charge in [0.15, 0.2) is 11.3 Å². The van der Waals surface area contributed by atoms with Crippen LogP contribution in [0.3, 0.4) is 0 Å². The Kier molecular flexibility index (Phi) is 5.35. The normalized spacial score (nSPS) is 11.0. The molecular weight excluding hydrogens is 348 g/mol. The molecule has 0 unspecified atom stereocenters. The highest BCUT2D eigenvalue weighted by molar-refractivity contribution is 5.92. The lowest BCUT2D eigenvalue weighted by atomic mass is 10.1. The number of carbonyl (C=O) groups is 1. The van der Waals surface area contributed by atoms with Crippen LogP contribution in [0.15, 0.2) is 46.9 Å². The summed E-state index contributed by atoms with van der Waals surface area (Å²) in [6.07, 6.45) is 3.02. The van der Waals surface area contributed by atoms with Gasteiger partial charge in [-0.15, -0.1) is 0 Å². The first-order valence-electron chi connectivity index (χ1n) is 8.19. The van der Waals surface area contributed by atoms with Crippen molar-refractivity contribution in [2.75, 3.05) is 28.4 Å². The van der Waals surface area contributed by atoms with E-state index in [4.69, 9.17) is 18.6 Å². The molecular formula is C21H20O6. The van der Waals surface area contributed by atoms with E-state index >= 15 is 0 Å². The van der Waals surface area contributed by atoms with Gasteiger partial charge in [0.05, 0.1) is 28.4 Å². The minimum absolute atomic E-state index is 0.426. The van der Waals surface area contributed by atoms with Crippen LogP contribution in [0.1, 0.15) is 5.56 Å². The standard InChI is InChI=1S/C21H20O6/c1-23-16-9-14(10-17(12-16)24-2)18-11-15-7-13(5-6-20(22)26-4)8-19(25-3)21(15)27-18/h5-12H,1-4H3/b6-5+. The molecule has 0 N–H and O–H groups in total. The molecule has 0 saturated heterocycles. The van der Waals surface area contributed by atoms with E-state index in [2.05, 4.69) is 4.74 Å². The zero-order valence-corrected chi connectivity index (χ0v) is 15.6. The number of hydrogen-bond donors (Lipinski definition) is 0. The Morgan fingerprint density at radius 1 is 0.889 bits per heavy atom.